The number of nitriles is 1. The number of fused-ring (bicyclic) bond motifs is 1. The molecule has 0 bridgehead atoms. The Kier molecular flexibility index (Phi) is 6.37. The average molecular weight is 458 g/mol. The molecule has 2 aliphatic heterocycles. The van der Waals surface area contributed by atoms with Gasteiger partial charge in [0.2, 0.25) is 6.79 Å². The van der Waals surface area contributed by atoms with Gasteiger partial charge in [-0.25, -0.2) is 0 Å². The summed E-state index contributed by atoms with van der Waals surface area (Å²) in [7, 11) is 1.52. The Hall–Kier alpha value is -4.51. The number of carbonyl (C=O) groups is 2. The van der Waals surface area contributed by atoms with Crippen LogP contribution in [0.2, 0.25) is 0 Å². The highest BCUT2D eigenvalue weighted by Crippen LogP contribution is 2.35. The second-order valence-electron chi connectivity index (χ2n) is 7.56. The summed E-state index contributed by atoms with van der Waals surface area (Å²) in [5.74, 6) is 1.03. The number of rotatable bonds is 7. The number of amides is 2. The Balaban J connectivity index is 1.69. The van der Waals surface area contributed by atoms with Gasteiger partial charge in [0.05, 0.1) is 13.7 Å². The fourth-order valence-electron chi connectivity index (χ4n) is 3.70. The van der Waals surface area contributed by atoms with Gasteiger partial charge >= 0.3 is 0 Å². The monoisotopic (exact) mass is 458 g/mol. The van der Waals surface area contributed by atoms with E-state index in [0.29, 0.717) is 46.3 Å². The molecule has 0 radical (unpaired) electrons. The molecule has 8 heteroatoms. The molecule has 0 aliphatic carbocycles. The van der Waals surface area contributed by atoms with E-state index in [9.17, 15) is 14.9 Å². The zero-order valence-corrected chi connectivity index (χ0v) is 18.8. The van der Waals surface area contributed by atoms with E-state index in [-0.39, 0.29) is 24.5 Å². The molecule has 2 amide bonds. The van der Waals surface area contributed by atoms with Gasteiger partial charge in [-0.05, 0) is 54.0 Å². The minimum Gasteiger partial charge on any atom is -0.493 e. The van der Waals surface area contributed by atoms with E-state index in [0.717, 1.165) is 4.90 Å². The van der Waals surface area contributed by atoms with Gasteiger partial charge in [-0.1, -0.05) is 24.8 Å². The van der Waals surface area contributed by atoms with E-state index in [1.54, 1.807) is 55.5 Å². The Bertz CT molecular complexity index is 1280. The summed E-state index contributed by atoms with van der Waals surface area (Å²) in [5.41, 5.74) is 1.82. The zero-order chi connectivity index (χ0) is 24.2. The summed E-state index contributed by atoms with van der Waals surface area (Å²) >= 11 is 0. The van der Waals surface area contributed by atoms with Crippen LogP contribution in [0.15, 0.2) is 65.8 Å². The molecule has 0 saturated heterocycles. The van der Waals surface area contributed by atoms with E-state index in [1.807, 2.05) is 6.07 Å². The number of nitrogens with zero attached hydrogens (tertiary/aromatic N) is 2. The standard InChI is InChI=1S/C26H22N2O6/c1-4-9-32-21-7-5-17(11-23(21)31-3)10-19-16(2)20(13-27)26(30)28(25(19)29)14-18-6-8-22-24(12-18)34-15-33-22/h4-8,10-12H,1,9,14-15H2,2-3H3/b19-10+. The van der Waals surface area contributed by atoms with Crippen LogP contribution >= 0.6 is 0 Å². The quantitative estimate of drug-likeness (QED) is 0.354. The normalized spacial score (nSPS) is 16.0. The first-order chi connectivity index (χ1) is 16.5. The first-order valence-corrected chi connectivity index (χ1v) is 10.5. The number of hydrogen-bond donors (Lipinski definition) is 0. The molecule has 0 aromatic heterocycles. The van der Waals surface area contributed by atoms with Crippen molar-refractivity contribution in [3.05, 3.63) is 76.9 Å². The molecule has 8 nitrogen and oxygen atoms in total. The summed E-state index contributed by atoms with van der Waals surface area (Å²) in [4.78, 5) is 27.4. The predicted molar refractivity (Wildman–Crippen MR) is 123 cm³/mol. The Morgan fingerprint density at radius 2 is 1.91 bits per heavy atom. The molecule has 2 aromatic rings. The third-order valence-electron chi connectivity index (χ3n) is 5.46. The summed E-state index contributed by atoms with van der Waals surface area (Å²) in [5, 5.41) is 9.64. The van der Waals surface area contributed by atoms with Gasteiger partial charge in [-0.15, -0.1) is 0 Å². The molecule has 2 aromatic carbocycles. The number of methoxy groups -OCH3 is 1. The number of hydrogen-bond acceptors (Lipinski definition) is 7. The van der Waals surface area contributed by atoms with Crippen molar-refractivity contribution in [2.45, 2.75) is 13.5 Å². The minimum absolute atomic E-state index is 0.0121. The first-order valence-electron chi connectivity index (χ1n) is 10.5. The second-order valence-corrected chi connectivity index (χ2v) is 7.56. The van der Waals surface area contributed by atoms with Gasteiger partial charge in [-0.3, -0.25) is 14.5 Å². The SMILES string of the molecule is C=CCOc1ccc(/C=C2/C(=O)N(Cc3ccc4c(c3)OCO4)C(=O)C(C#N)=C2C)cc1OC. The first kappa shape index (κ1) is 22.7. The molecule has 0 saturated carbocycles. The maximum atomic E-state index is 13.4. The largest absolute Gasteiger partial charge is 0.493 e. The van der Waals surface area contributed by atoms with Crippen LogP contribution in [0.25, 0.3) is 6.08 Å². The molecule has 4 rings (SSSR count). The molecular weight excluding hydrogens is 436 g/mol. The Morgan fingerprint density at radius 3 is 2.65 bits per heavy atom. The van der Waals surface area contributed by atoms with Crippen molar-refractivity contribution >= 4 is 17.9 Å². The second kappa shape index (κ2) is 9.55. The third-order valence-corrected chi connectivity index (χ3v) is 5.46. The van der Waals surface area contributed by atoms with Gasteiger partial charge < -0.3 is 18.9 Å². The molecule has 0 atom stereocenters. The van der Waals surface area contributed by atoms with Crippen LogP contribution in [0, 0.1) is 11.3 Å². The third kappa shape index (κ3) is 4.24. The van der Waals surface area contributed by atoms with Gasteiger partial charge in [0.15, 0.2) is 23.0 Å². The molecule has 172 valence electrons. The van der Waals surface area contributed by atoms with E-state index in [1.165, 1.54) is 7.11 Å². The van der Waals surface area contributed by atoms with Crippen LogP contribution in [-0.2, 0) is 16.1 Å². The summed E-state index contributed by atoms with van der Waals surface area (Å²) in [6.45, 7) is 5.65. The molecule has 0 fully saturated rings. The topological polar surface area (TPSA) is 98.1 Å². The predicted octanol–water partition coefficient (Wildman–Crippen LogP) is 3.78. The van der Waals surface area contributed by atoms with Crippen LogP contribution in [-0.4, -0.2) is 37.2 Å². The van der Waals surface area contributed by atoms with Crippen LogP contribution < -0.4 is 18.9 Å². The lowest BCUT2D eigenvalue weighted by Crippen LogP contribution is -2.42. The maximum Gasteiger partial charge on any atom is 0.271 e. The van der Waals surface area contributed by atoms with E-state index >= 15 is 0 Å². The van der Waals surface area contributed by atoms with Crippen LogP contribution in [0.3, 0.4) is 0 Å². The molecule has 0 N–H and O–H groups in total. The molecular formula is C26H22N2O6. The Morgan fingerprint density at radius 1 is 1.12 bits per heavy atom. The number of carbonyl (C=O) groups excluding carboxylic acids is 2. The van der Waals surface area contributed by atoms with Gasteiger partial charge in [0, 0.05) is 5.57 Å². The van der Waals surface area contributed by atoms with Crippen molar-refractivity contribution in [1.82, 2.24) is 4.90 Å². The van der Waals surface area contributed by atoms with Gasteiger partial charge in [0.1, 0.15) is 18.2 Å². The fourth-order valence-corrected chi connectivity index (χ4v) is 3.70. The van der Waals surface area contributed by atoms with Gasteiger partial charge in [-0.2, -0.15) is 5.26 Å². The Labute approximate surface area is 196 Å². The van der Waals surface area contributed by atoms with Crippen molar-refractivity contribution in [1.29, 1.82) is 5.26 Å². The van der Waals surface area contributed by atoms with E-state index < -0.39 is 11.8 Å². The molecule has 2 aliphatic rings. The van der Waals surface area contributed by atoms with Crippen molar-refractivity contribution < 1.29 is 28.5 Å². The highest BCUT2D eigenvalue weighted by atomic mass is 16.7. The average Bonchev–Trinajstić information content (AvgIpc) is 3.31. The molecule has 0 spiro atoms. The highest BCUT2D eigenvalue weighted by Gasteiger charge is 2.35. The van der Waals surface area contributed by atoms with E-state index in [4.69, 9.17) is 18.9 Å². The van der Waals surface area contributed by atoms with Crippen molar-refractivity contribution in [2.24, 2.45) is 0 Å². The number of benzene rings is 2. The lowest BCUT2D eigenvalue weighted by molar-refractivity contribution is -0.141. The van der Waals surface area contributed by atoms with Gasteiger partial charge in [0.25, 0.3) is 11.8 Å². The van der Waals surface area contributed by atoms with Crippen molar-refractivity contribution in [3.63, 3.8) is 0 Å². The van der Waals surface area contributed by atoms with Crippen LogP contribution in [0.5, 0.6) is 23.0 Å². The molecule has 2 heterocycles. The zero-order valence-electron chi connectivity index (χ0n) is 18.8. The number of ether oxygens (including phenoxy) is 4. The summed E-state index contributed by atoms with van der Waals surface area (Å²) < 4.78 is 21.7. The lowest BCUT2D eigenvalue weighted by Gasteiger charge is -2.27. The highest BCUT2D eigenvalue weighted by molar-refractivity contribution is 6.19. The smallest absolute Gasteiger partial charge is 0.271 e. The maximum absolute atomic E-state index is 13.4. The molecule has 0 unspecified atom stereocenters. The number of imide groups is 1. The lowest BCUT2D eigenvalue weighted by atomic mass is 9.93. The summed E-state index contributed by atoms with van der Waals surface area (Å²) in [6, 6.07) is 12.3. The van der Waals surface area contributed by atoms with Crippen molar-refractivity contribution in [3.8, 4) is 29.1 Å². The summed E-state index contributed by atoms with van der Waals surface area (Å²) in [6.07, 6.45) is 3.26. The fraction of sp³-hybridized carbons (Fsp3) is 0.192. The minimum atomic E-state index is -0.634. The van der Waals surface area contributed by atoms with Crippen molar-refractivity contribution in [2.75, 3.05) is 20.5 Å². The van der Waals surface area contributed by atoms with Crippen LogP contribution in [0.4, 0.5) is 0 Å². The van der Waals surface area contributed by atoms with E-state index in [2.05, 4.69) is 6.58 Å². The molecule has 34 heavy (non-hydrogen) atoms. The van der Waals surface area contributed by atoms with Crippen LogP contribution in [0.1, 0.15) is 18.1 Å².